The minimum Gasteiger partial charge on any atom is -0.392 e. The second kappa shape index (κ2) is 5.93. The summed E-state index contributed by atoms with van der Waals surface area (Å²) >= 11 is 1.92. The number of benzene rings is 1. The van der Waals surface area contributed by atoms with Gasteiger partial charge in [-0.3, -0.25) is 4.98 Å². The molecule has 2 heterocycles. The van der Waals surface area contributed by atoms with Gasteiger partial charge in [0.1, 0.15) is 0 Å². The molecule has 2 unspecified atom stereocenters. The Hall–Kier alpha value is -1.06. The second-order valence-corrected chi connectivity index (χ2v) is 6.52. The van der Waals surface area contributed by atoms with Gasteiger partial charge in [-0.15, -0.1) is 0 Å². The molecule has 2 atom stereocenters. The molecular formula is C16H19NOS. The summed E-state index contributed by atoms with van der Waals surface area (Å²) in [7, 11) is 0. The molecule has 0 aliphatic carbocycles. The maximum Gasteiger partial charge on any atom is 0.0714 e. The minimum atomic E-state index is -0.265. The van der Waals surface area contributed by atoms with E-state index in [9.17, 15) is 5.11 Å². The van der Waals surface area contributed by atoms with Crippen molar-refractivity contribution in [3.05, 3.63) is 42.1 Å². The number of aromatic nitrogens is 1. The SMILES string of the molecule is OC(Cc1ccc2ccccc2n1)C1CCCCS1. The Kier molecular flexibility index (Phi) is 4.04. The molecule has 1 fully saturated rings. The van der Waals surface area contributed by atoms with Crippen molar-refractivity contribution >= 4 is 22.7 Å². The van der Waals surface area contributed by atoms with E-state index in [0.717, 1.165) is 23.0 Å². The van der Waals surface area contributed by atoms with E-state index in [-0.39, 0.29) is 6.10 Å². The third-order valence-corrected chi connectivity index (χ3v) is 5.22. The average Bonchev–Trinajstić information content (AvgIpc) is 2.48. The minimum absolute atomic E-state index is 0.265. The summed E-state index contributed by atoms with van der Waals surface area (Å²) in [6.45, 7) is 0. The summed E-state index contributed by atoms with van der Waals surface area (Å²) < 4.78 is 0. The Morgan fingerprint density at radius 3 is 2.95 bits per heavy atom. The fourth-order valence-corrected chi connectivity index (χ4v) is 3.96. The van der Waals surface area contributed by atoms with Gasteiger partial charge >= 0.3 is 0 Å². The van der Waals surface area contributed by atoms with E-state index in [2.05, 4.69) is 17.1 Å². The molecule has 1 aromatic carbocycles. The molecule has 1 aromatic heterocycles. The number of hydrogen-bond donors (Lipinski definition) is 1. The van der Waals surface area contributed by atoms with Crippen LogP contribution in [0.25, 0.3) is 10.9 Å². The third-order valence-electron chi connectivity index (χ3n) is 3.72. The monoisotopic (exact) mass is 273 g/mol. The van der Waals surface area contributed by atoms with Crippen LogP contribution < -0.4 is 0 Å². The number of thioether (sulfide) groups is 1. The largest absolute Gasteiger partial charge is 0.392 e. The quantitative estimate of drug-likeness (QED) is 0.930. The van der Waals surface area contributed by atoms with E-state index < -0.39 is 0 Å². The number of nitrogens with zero attached hydrogens (tertiary/aromatic N) is 1. The molecule has 0 amide bonds. The van der Waals surface area contributed by atoms with Gasteiger partial charge in [-0.2, -0.15) is 11.8 Å². The molecule has 2 aromatic rings. The molecule has 1 aliphatic heterocycles. The molecule has 3 heteroatoms. The lowest BCUT2D eigenvalue weighted by molar-refractivity contribution is 0.165. The molecule has 2 nitrogen and oxygen atoms in total. The van der Waals surface area contributed by atoms with Gasteiger partial charge in [0.2, 0.25) is 0 Å². The topological polar surface area (TPSA) is 33.1 Å². The number of hydrogen-bond acceptors (Lipinski definition) is 3. The zero-order chi connectivity index (χ0) is 13.1. The Labute approximate surface area is 118 Å². The van der Waals surface area contributed by atoms with Crippen LogP contribution in [0.4, 0.5) is 0 Å². The fourth-order valence-electron chi connectivity index (χ4n) is 2.64. The van der Waals surface area contributed by atoms with Gasteiger partial charge in [0.25, 0.3) is 0 Å². The molecule has 0 radical (unpaired) electrons. The number of rotatable bonds is 3. The Morgan fingerprint density at radius 2 is 2.11 bits per heavy atom. The van der Waals surface area contributed by atoms with Gasteiger partial charge in [0.05, 0.1) is 11.6 Å². The van der Waals surface area contributed by atoms with E-state index in [1.165, 1.54) is 18.6 Å². The van der Waals surface area contributed by atoms with Crippen molar-refractivity contribution < 1.29 is 5.11 Å². The predicted molar refractivity (Wildman–Crippen MR) is 81.6 cm³/mol. The van der Waals surface area contributed by atoms with Crippen LogP contribution >= 0.6 is 11.8 Å². The first-order valence-corrected chi connectivity index (χ1v) is 8.02. The maximum absolute atomic E-state index is 10.3. The summed E-state index contributed by atoms with van der Waals surface area (Å²) in [6.07, 6.45) is 4.09. The molecule has 0 spiro atoms. The second-order valence-electron chi connectivity index (χ2n) is 5.17. The predicted octanol–water partition coefficient (Wildman–Crippen LogP) is 3.42. The van der Waals surface area contributed by atoms with Crippen LogP contribution in [-0.4, -0.2) is 27.2 Å². The van der Waals surface area contributed by atoms with Gasteiger partial charge in [-0.05, 0) is 30.7 Å². The highest BCUT2D eigenvalue weighted by molar-refractivity contribution is 8.00. The average molecular weight is 273 g/mol. The highest BCUT2D eigenvalue weighted by atomic mass is 32.2. The standard InChI is InChI=1S/C16H19NOS/c18-15(16-7-3-4-10-19-16)11-13-9-8-12-5-1-2-6-14(12)17-13/h1-2,5-6,8-9,15-16,18H,3-4,7,10-11H2. The van der Waals surface area contributed by atoms with E-state index in [1.807, 2.05) is 36.0 Å². The van der Waals surface area contributed by atoms with Gasteiger partial charge in [0.15, 0.2) is 0 Å². The Balaban J connectivity index is 1.73. The summed E-state index contributed by atoms with van der Waals surface area (Å²) in [4.78, 5) is 4.64. The molecule has 1 aliphatic rings. The normalized spacial score (nSPS) is 21.4. The van der Waals surface area contributed by atoms with Crippen molar-refractivity contribution in [3.8, 4) is 0 Å². The zero-order valence-corrected chi connectivity index (χ0v) is 11.8. The lowest BCUT2D eigenvalue weighted by atomic mass is 10.0. The van der Waals surface area contributed by atoms with Crippen molar-refractivity contribution in [1.29, 1.82) is 0 Å². The number of aliphatic hydroxyl groups is 1. The summed E-state index contributed by atoms with van der Waals surface area (Å²) in [5.74, 6) is 1.19. The molecule has 1 N–H and O–H groups in total. The molecule has 100 valence electrons. The van der Waals surface area contributed by atoms with Gasteiger partial charge in [-0.25, -0.2) is 0 Å². The zero-order valence-electron chi connectivity index (χ0n) is 11.0. The van der Waals surface area contributed by atoms with Crippen LogP contribution in [0.1, 0.15) is 25.0 Å². The molecular weight excluding hydrogens is 254 g/mol. The lowest BCUT2D eigenvalue weighted by Gasteiger charge is -2.25. The van der Waals surface area contributed by atoms with Crippen LogP contribution in [0, 0.1) is 0 Å². The molecule has 3 rings (SSSR count). The number of aliphatic hydroxyl groups excluding tert-OH is 1. The first-order chi connectivity index (χ1) is 9.33. The Morgan fingerprint density at radius 1 is 1.21 bits per heavy atom. The van der Waals surface area contributed by atoms with E-state index in [0.29, 0.717) is 11.7 Å². The van der Waals surface area contributed by atoms with Gasteiger partial charge in [-0.1, -0.05) is 30.7 Å². The van der Waals surface area contributed by atoms with Crippen LogP contribution in [-0.2, 0) is 6.42 Å². The van der Waals surface area contributed by atoms with Crippen molar-refractivity contribution in [3.63, 3.8) is 0 Å². The molecule has 0 saturated carbocycles. The number of para-hydroxylation sites is 1. The Bertz CT molecular complexity index is 551. The van der Waals surface area contributed by atoms with Crippen molar-refractivity contribution in [2.45, 2.75) is 37.0 Å². The number of fused-ring (bicyclic) bond motifs is 1. The molecule has 1 saturated heterocycles. The number of pyridine rings is 1. The van der Waals surface area contributed by atoms with E-state index in [1.54, 1.807) is 0 Å². The fraction of sp³-hybridized carbons (Fsp3) is 0.438. The van der Waals surface area contributed by atoms with Crippen molar-refractivity contribution in [1.82, 2.24) is 4.98 Å². The van der Waals surface area contributed by atoms with Crippen molar-refractivity contribution in [2.24, 2.45) is 0 Å². The first-order valence-electron chi connectivity index (χ1n) is 6.97. The molecule has 0 bridgehead atoms. The lowest BCUT2D eigenvalue weighted by Crippen LogP contribution is -2.28. The summed E-state index contributed by atoms with van der Waals surface area (Å²) in [5.41, 5.74) is 2.01. The summed E-state index contributed by atoms with van der Waals surface area (Å²) in [5, 5.41) is 11.9. The smallest absolute Gasteiger partial charge is 0.0714 e. The highest BCUT2D eigenvalue weighted by Crippen LogP contribution is 2.28. The molecule has 19 heavy (non-hydrogen) atoms. The van der Waals surface area contributed by atoms with Crippen LogP contribution in [0.5, 0.6) is 0 Å². The van der Waals surface area contributed by atoms with E-state index >= 15 is 0 Å². The van der Waals surface area contributed by atoms with Crippen molar-refractivity contribution in [2.75, 3.05) is 5.75 Å². The first kappa shape index (κ1) is 12.9. The van der Waals surface area contributed by atoms with Crippen LogP contribution in [0.2, 0.25) is 0 Å². The van der Waals surface area contributed by atoms with Crippen LogP contribution in [0.15, 0.2) is 36.4 Å². The summed E-state index contributed by atoms with van der Waals surface area (Å²) in [6, 6.07) is 12.3. The van der Waals surface area contributed by atoms with Crippen LogP contribution in [0.3, 0.4) is 0 Å². The van der Waals surface area contributed by atoms with Gasteiger partial charge < -0.3 is 5.11 Å². The third kappa shape index (κ3) is 3.10. The van der Waals surface area contributed by atoms with Gasteiger partial charge in [0, 0.05) is 22.8 Å². The highest BCUT2D eigenvalue weighted by Gasteiger charge is 2.22. The van der Waals surface area contributed by atoms with E-state index in [4.69, 9.17) is 0 Å². The maximum atomic E-state index is 10.3.